The molecule has 0 aliphatic carbocycles. The number of ether oxygens (including phenoxy) is 1. The third-order valence-electron chi connectivity index (χ3n) is 11.4. The van der Waals surface area contributed by atoms with Gasteiger partial charge in [0.2, 0.25) is 11.8 Å². The summed E-state index contributed by atoms with van der Waals surface area (Å²) < 4.78 is 22.1. The maximum Gasteiger partial charge on any atom is 0.270 e. The number of anilines is 2. The van der Waals surface area contributed by atoms with Crippen LogP contribution in [0.1, 0.15) is 64.7 Å². The van der Waals surface area contributed by atoms with Crippen molar-refractivity contribution in [1.82, 2.24) is 20.5 Å². The lowest BCUT2D eigenvalue weighted by Crippen LogP contribution is -2.52. The standard InChI is InChI=1S/C42H45FN6O5/c43-34-22-29(40-32-9-8-31(50)23-38(32)54-26-33(40)28-4-2-1-3-5-28)6-12-37(34)49-16-14-27(15-17-49)25-47-18-20-48(21-19-47)30-7-10-35(44-24-30)41(52)45-36-11-13-39(51)46-42(36)53/h1-10,12,22-24,27,33,36,40,50H,11,13-21,25-26H2,(H,45,52)(H,46,51,53)/t33-,36?,40-/m0/s1. The molecule has 12 heteroatoms. The van der Waals surface area contributed by atoms with E-state index in [1.807, 2.05) is 36.4 Å². The van der Waals surface area contributed by atoms with Gasteiger partial charge in [-0.2, -0.15) is 0 Å². The van der Waals surface area contributed by atoms with Gasteiger partial charge in [-0.1, -0.05) is 42.5 Å². The highest BCUT2D eigenvalue weighted by molar-refractivity contribution is 6.03. The van der Waals surface area contributed by atoms with Crippen LogP contribution in [0.2, 0.25) is 0 Å². The number of pyridine rings is 1. The van der Waals surface area contributed by atoms with E-state index in [0.29, 0.717) is 24.0 Å². The van der Waals surface area contributed by atoms with Gasteiger partial charge in [0.05, 0.1) is 24.2 Å². The number of rotatable bonds is 8. The van der Waals surface area contributed by atoms with E-state index < -0.39 is 17.9 Å². The average Bonchev–Trinajstić information content (AvgIpc) is 3.19. The molecule has 280 valence electrons. The van der Waals surface area contributed by atoms with Crippen molar-refractivity contribution in [3.63, 3.8) is 0 Å². The van der Waals surface area contributed by atoms with Crippen molar-refractivity contribution in [2.24, 2.45) is 5.92 Å². The summed E-state index contributed by atoms with van der Waals surface area (Å²) in [7, 11) is 0. The average molecular weight is 733 g/mol. The Bertz CT molecular complexity index is 2000. The smallest absolute Gasteiger partial charge is 0.270 e. The fourth-order valence-electron chi connectivity index (χ4n) is 8.45. The van der Waals surface area contributed by atoms with Crippen LogP contribution in [0, 0.1) is 11.7 Å². The molecule has 4 aromatic rings. The van der Waals surface area contributed by atoms with Gasteiger partial charge in [0, 0.05) is 75.7 Å². The molecule has 0 bridgehead atoms. The highest BCUT2D eigenvalue weighted by atomic mass is 19.1. The molecule has 11 nitrogen and oxygen atoms in total. The lowest BCUT2D eigenvalue weighted by Gasteiger charge is -2.40. The maximum absolute atomic E-state index is 16.0. The molecule has 1 aromatic heterocycles. The summed E-state index contributed by atoms with van der Waals surface area (Å²) in [6, 6.07) is 23.9. The number of amides is 3. The molecule has 3 N–H and O–H groups in total. The summed E-state index contributed by atoms with van der Waals surface area (Å²) in [4.78, 5) is 47.4. The molecule has 0 spiro atoms. The molecule has 3 atom stereocenters. The SMILES string of the molecule is O=C1CCC(NC(=O)c2ccc(N3CCN(CC4CCN(c5ccc([C@H]6c7ccc(O)cc7OC[C@H]6c6ccccc6)cc5F)CC4)CC3)cn2)C(=O)N1. The Hall–Kier alpha value is -5.49. The molecule has 5 heterocycles. The van der Waals surface area contributed by atoms with Gasteiger partial charge in [-0.15, -0.1) is 0 Å². The zero-order chi connectivity index (χ0) is 37.2. The lowest BCUT2D eigenvalue weighted by molar-refractivity contribution is -0.134. The first-order valence-corrected chi connectivity index (χ1v) is 18.9. The van der Waals surface area contributed by atoms with Gasteiger partial charge in [-0.25, -0.2) is 9.37 Å². The van der Waals surface area contributed by atoms with Gasteiger partial charge in [-0.05, 0) is 66.6 Å². The summed E-state index contributed by atoms with van der Waals surface area (Å²) in [5.74, 6) is -0.229. The Kier molecular flexibility index (Phi) is 10.2. The number of hydrogen-bond donors (Lipinski definition) is 3. The predicted molar refractivity (Wildman–Crippen MR) is 202 cm³/mol. The van der Waals surface area contributed by atoms with Gasteiger partial charge in [0.1, 0.15) is 29.1 Å². The number of piperidine rings is 2. The number of aromatic nitrogens is 1. The number of carbonyl (C=O) groups excluding carboxylic acids is 3. The molecular weight excluding hydrogens is 687 g/mol. The monoisotopic (exact) mass is 732 g/mol. The predicted octanol–water partition coefficient (Wildman–Crippen LogP) is 4.81. The second-order valence-corrected chi connectivity index (χ2v) is 14.8. The number of hydrogen-bond acceptors (Lipinski definition) is 9. The van der Waals surface area contributed by atoms with Crippen LogP contribution >= 0.6 is 0 Å². The minimum absolute atomic E-state index is 0.00931. The summed E-state index contributed by atoms with van der Waals surface area (Å²) in [6.07, 6.45) is 4.18. The normalized spacial score (nSPS) is 22.3. The van der Waals surface area contributed by atoms with Crippen molar-refractivity contribution in [2.45, 2.75) is 43.6 Å². The molecular formula is C42H45FN6O5. The molecule has 0 saturated carbocycles. The quantitative estimate of drug-likeness (QED) is 0.219. The third kappa shape index (κ3) is 7.61. The van der Waals surface area contributed by atoms with Gasteiger partial charge < -0.3 is 25.0 Å². The van der Waals surface area contributed by atoms with E-state index in [0.717, 1.165) is 81.0 Å². The number of piperazine rings is 1. The first kappa shape index (κ1) is 35.5. The molecule has 3 amide bonds. The van der Waals surface area contributed by atoms with Crippen LogP contribution in [0.25, 0.3) is 0 Å². The number of phenolic OH excluding ortho intramolecular Hbond substituents is 1. The fourth-order valence-corrected chi connectivity index (χ4v) is 8.45. The Morgan fingerprint density at radius 1 is 0.889 bits per heavy atom. The summed E-state index contributed by atoms with van der Waals surface area (Å²) >= 11 is 0. The number of benzene rings is 3. The number of nitrogens with zero attached hydrogens (tertiary/aromatic N) is 4. The number of nitrogens with one attached hydrogen (secondary N) is 2. The summed E-state index contributed by atoms with van der Waals surface area (Å²) in [6.45, 7) is 6.62. The summed E-state index contributed by atoms with van der Waals surface area (Å²) in [5.41, 5.74) is 4.81. The van der Waals surface area contributed by atoms with Crippen molar-refractivity contribution >= 4 is 29.1 Å². The van der Waals surface area contributed by atoms with E-state index in [4.69, 9.17) is 4.74 Å². The van der Waals surface area contributed by atoms with Crippen LogP contribution in [0.15, 0.2) is 85.1 Å². The number of imide groups is 1. The van der Waals surface area contributed by atoms with Crippen molar-refractivity contribution in [3.05, 3.63) is 113 Å². The van der Waals surface area contributed by atoms with Crippen LogP contribution < -0.4 is 25.2 Å². The van der Waals surface area contributed by atoms with E-state index in [1.54, 1.807) is 30.5 Å². The van der Waals surface area contributed by atoms with E-state index in [1.165, 1.54) is 0 Å². The van der Waals surface area contributed by atoms with Crippen molar-refractivity contribution in [3.8, 4) is 11.5 Å². The Balaban J connectivity index is 0.834. The first-order valence-electron chi connectivity index (χ1n) is 18.9. The fraction of sp³-hybridized carbons (Fsp3) is 0.381. The molecule has 54 heavy (non-hydrogen) atoms. The Labute approximate surface area is 314 Å². The lowest BCUT2D eigenvalue weighted by atomic mass is 9.76. The number of carbonyl (C=O) groups is 3. The number of aromatic hydroxyl groups is 1. The first-order chi connectivity index (χ1) is 26.3. The highest BCUT2D eigenvalue weighted by Crippen LogP contribution is 2.47. The van der Waals surface area contributed by atoms with Gasteiger partial charge in [0.25, 0.3) is 5.91 Å². The molecule has 3 aromatic carbocycles. The third-order valence-corrected chi connectivity index (χ3v) is 11.4. The van der Waals surface area contributed by atoms with Gasteiger partial charge in [0.15, 0.2) is 0 Å². The van der Waals surface area contributed by atoms with Crippen LogP contribution in [-0.4, -0.2) is 91.2 Å². The van der Waals surface area contributed by atoms with Crippen molar-refractivity contribution < 1.29 is 28.6 Å². The van der Waals surface area contributed by atoms with E-state index in [9.17, 15) is 19.5 Å². The second-order valence-electron chi connectivity index (χ2n) is 14.8. The Morgan fingerprint density at radius 2 is 1.69 bits per heavy atom. The molecule has 1 unspecified atom stereocenters. The Morgan fingerprint density at radius 3 is 2.41 bits per heavy atom. The van der Waals surface area contributed by atoms with Crippen LogP contribution in [0.4, 0.5) is 15.8 Å². The van der Waals surface area contributed by atoms with Crippen LogP contribution in [0.3, 0.4) is 0 Å². The van der Waals surface area contributed by atoms with Crippen molar-refractivity contribution in [1.29, 1.82) is 0 Å². The molecule has 4 aliphatic heterocycles. The van der Waals surface area contributed by atoms with Crippen LogP contribution in [-0.2, 0) is 9.59 Å². The van der Waals surface area contributed by atoms with E-state index in [-0.39, 0.29) is 47.8 Å². The zero-order valence-electron chi connectivity index (χ0n) is 30.1. The molecule has 4 aliphatic rings. The largest absolute Gasteiger partial charge is 0.508 e. The van der Waals surface area contributed by atoms with Gasteiger partial charge >= 0.3 is 0 Å². The second kappa shape index (κ2) is 15.5. The number of fused-ring (bicyclic) bond motifs is 1. The highest BCUT2D eigenvalue weighted by Gasteiger charge is 2.35. The molecule has 8 rings (SSSR count). The minimum Gasteiger partial charge on any atom is -0.508 e. The molecule has 0 radical (unpaired) electrons. The maximum atomic E-state index is 16.0. The molecule has 3 fully saturated rings. The van der Waals surface area contributed by atoms with Gasteiger partial charge in [-0.3, -0.25) is 24.6 Å². The van der Waals surface area contributed by atoms with E-state index in [2.05, 4.69) is 48.5 Å². The van der Waals surface area contributed by atoms with E-state index >= 15 is 4.39 Å². The van der Waals surface area contributed by atoms with Crippen molar-refractivity contribution in [2.75, 3.05) is 62.2 Å². The number of phenols is 1. The number of halogens is 1. The minimum atomic E-state index is -0.738. The molecule has 3 saturated heterocycles. The summed E-state index contributed by atoms with van der Waals surface area (Å²) in [5, 5.41) is 15.0. The van der Waals surface area contributed by atoms with Crippen LogP contribution in [0.5, 0.6) is 11.5 Å². The topological polar surface area (TPSA) is 127 Å². The zero-order valence-corrected chi connectivity index (χ0v) is 30.1.